The predicted molar refractivity (Wildman–Crippen MR) is 85.0 cm³/mol. The van der Waals surface area contributed by atoms with Gasteiger partial charge in [0.1, 0.15) is 5.75 Å². The Bertz CT molecular complexity index is 643. The third-order valence-electron chi connectivity index (χ3n) is 2.64. The second-order valence-electron chi connectivity index (χ2n) is 4.06. The summed E-state index contributed by atoms with van der Waals surface area (Å²) in [7, 11) is 0. The third kappa shape index (κ3) is 3.19. The fourth-order valence-electron chi connectivity index (χ4n) is 1.61. The first-order valence-electron chi connectivity index (χ1n) is 5.54. The van der Waals surface area contributed by atoms with Crippen LogP contribution in [0.3, 0.4) is 0 Å². The predicted octanol–water partition coefficient (Wildman–Crippen LogP) is 4.21. The molecule has 1 amide bonds. The van der Waals surface area contributed by atoms with Gasteiger partial charge in [0.25, 0.3) is 5.91 Å². The minimum Gasteiger partial charge on any atom is -0.506 e. The maximum Gasteiger partial charge on any atom is 0.256 e. The molecule has 0 bridgehead atoms. The highest BCUT2D eigenvalue weighted by Gasteiger charge is 2.12. The first-order valence-corrected chi connectivity index (χ1v) is 6.99. The summed E-state index contributed by atoms with van der Waals surface area (Å²) >= 11 is 7.86. The van der Waals surface area contributed by atoms with Crippen molar-refractivity contribution in [1.29, 1.82) is 0 Å². The van der Waals surface area contributed by atoms with E-state index in [1.54, 1.807) is 12.1 Å². The SMILES string of the molecule is Cc1cccc(C(=O)Nc2ccc(Cl)c(O)c2)c1I. The largest absolute Gasteiger partial charge is 0.506 e. The molecule has 0 aliphatic heterocycles. The molecule has 0 heterocycles. The number of hydrogen-bond donors (Lipinski definition) is 2. The monoisotopic (exact) mass is 387 g/mol. The zero-order valence-corrected chi connectivity index (χ0v) is 13.0. The summed E-state index contributed by atoms with van der Waals surface area (Å²) in [5.41, 5.74) is 2.16. The lowest BCUT2D eigenvalue weighted by atomic mass is 10.1. The van der Waals surface area contributed by atoms with Crippen molar-refractivity contribution < 1.29 is 9.90 Å². The maximum atomic E-state index is 12.2. The molecule has 2 aromatic carbocycles. The minimum absolute atomic E-state index is 0.0570. The summed E-state index contributed by atoms with van der Waals surface area (Å²) in [5.74, 6) is -0.270. The summed E-state index contributed by atoms with van der Waals surface area (Å²) in [6.45, 7) is 1.95. The lowest BCUT2D eigenvalue weighted by Gasteiger charge is -2.09. The van der Waals surface area contributed by atoms with Gasteiger partial charge < -0.3 is 10.4 Å². The van der Waals surface area contributed by atoms with Crippen LogP contribution in [0, 0.1) is 10.5 Å². The molecule has 5 heteroatoms. The molecule has 0 spiro atoms. The molecule has 0 fully saturated rings. The third-order valence-corrected chi connectivity index (χ3v) is 4.39. The number of phenols is 1. The van der Waals surface area contributed by atoms with Crippen LogP contribution in [0.15, 0.2) is 36.4 Å². The molecule has 3 nitrogen and oxygen atoms in total. The molecule has 0 aliphatic rings. The van der Waals surface area contributed by atoms with E-state index in [1.807, 2.05) is 19.1 Å². The number of phenolic OH excluding ortho intramolecular Hbond substituents is 1. The van der Waals surface area contributed by atoms with E-state index in [-0.39, 0.29) is 16.7 Å². The number of benzene rings is 2. The molecule has 98 valence electrons. The maximum absolute atomic E-state index is 12.2. The van der Waals surface area contributed by atoms with Crippen molar-refractivity contribution in [1.82, 2.24) is 0 Å². The molecule has 0 radical (unpaired) electrons. The van der Waals surface area contributed by atoms with Crippen LogP contribution in [0.2, 0.25) is 5.02 Å². The average Bonchev–Trinajstić information content (AvgIpc) is 2.37. The van der Waals surface area contributed by atoms with Gasteiger partial charge in [-0.05, 0) is 53.3 Å². The molecule has 2 N–H and O–H groups in total. The standard InChI is InChI=1S/C14H11ClINO2/c1-8-3-2-4-10(13(8)16)14(19)17-9-5-6-11(15)12(18)7-9/h2-7,18H,1H3,(H,17,19). The number of rotatable bonds is 2. The van der Waals surface area contributed by atoms with Gasteiger partial charge in [-0.2, -0.15) is 0 Å². The van der Waals surface area contributed by atoms with Crippen molar-refractivity contribution >= 4 is 45.8 Å². The number of halogens is 2. The number of aromatic hydroxyl groups is 1. The Hall–Kier alpha value is -1.27. The molecule has 2 rings (SSSR count). The van der Waals surface area contributed by atoms with Crippen molar-refractivity contribution in [2.45, 2.75) is 6.92 Å². The smallest absolute Gasteiger partial charge is 0.256 e. The van der Waals surface area contributed by atoms with Crippen LogP contribution < -0.4 is 5.32 Å². The molecule has 0 aromatic heterocycles. The van der Waals surface area contributed by atoms with Crippen molar-refractivity contribution in [2.24, 2.45) is 0 Å². The molecule has 0 saturated carbocycles. The highest BCUT2D eigenvalue weighted by molar-refractivity contribution is 14.1. The molecule has 2 aromatic rings. The Kier molecular flexibility index (Phi) is 4.31. The van der Waals surface area contributed by atoms with Gasteiger partial charge in [0, 0.05) is 15.3 Å². The number of nitrogens with one attached hydrogen (secondary N) is 1. The van der Waals surface area contributed by atoms with Gasteiger partial charge in [0.05, 0.1) is 10.6 Å². The Balaban J connectivity index is 2.26. The molecule has 0 aliphatic carbocycles. The van der Waals surface area contributed by atoms with Crippen LogP contribution in [0.1, 0.15) is 15.9 Å². The van der Waals surface area contributed by atoms with Gasteiger partial charge in [-0.15, -0.1) is 0 Å². The van der Waals surface area contributed by atoms with E-state index in [1.165, 1.54) is 12.1 Å². The fraction of sp³-hybridized carbons (Fsp3) is 0.0714. The van der Waals surface area contributed by atoms with Crippen LogP contribution in [0.25, 0.3) is 0 Å². The first kappa shape index (κ1) is 14.1. The summed E-state index contributed by atoms with van der Waals surface area (Å²) in [4.78, 5) is 12.2. The quantitative estimate of drug-likeness (QED) is 0.758. The summed E-state index contributed by atoms with van der Waals surface area (Å²) in [6, 6.07) is 10.2. The first-order chi connectivity index (χ1) is 8.99. The average molecular weight is 388 g/mol. The Morgan fingerprint density at radius 1 is 1.32 bits per heavy atom. The Morgan fingerprint density at radius 3 is 2.74 bits per heavy atom. The Labute approximate surface area is 129 Å². The second-order valence-corrected chi connectivity index (χ2v) is 5.54. The molecule has 19 heavy (non-hydrogen) atoms. The fourth-order valence-corrected chi connectivity index (χ4v) is 2.33. The Morgan fingerprint density at radius 2 is 2.05 bits per heavy atom. The number of aryl methyl sites for hydroxylation is 1. The number of amides is 1. The number of carbonyl (C=O) groups is 1. The van der Waals surface area contributed by atoms with Crippen LogP contribution in [0.4, 0.5) is 5.69 Å². The van der Waals surface area contributed by atoms with Crippen molar-refractivity contribution in [3.05, 3.63) is 56.1 Å². The topological polar surface area (TPSA) is 49.3 Å². The molecular weight excluding hydrogens is 377 g/mol. The van der Waals surface area contributed by atoms with E-state index >= 15 is 0 Å². The molecule has 0 unspecified atom stereocenters. The highest BCUT2D eigenvalue weighted by Crippen LogP contribution is 2.26. The lowest BCUT2D eigenvalue weighted by molar-refractivity contribution is 0.102. The highest BCUT2D eigenvalue weighted by atomic mass is 127. The van der Waals surface area contributed by atoms with E-state index in [4.69, 9.17) is 11.6 Å². The normalized spacial score (nSPS) is 10.3. The van der Waals surface area contributed by atoms with Crippen LogP contribution in [-0.4, -0.2) is 11.0 Å². The minimum atomic E-state index is -0.213. The van der Waals surface area contributed by atoms with Crippen LogP contribution in [-0.2, 0) is 0 Å². The van der Waals surface area contributed by atoms with Crippen LogP contribution in [0.5, 0.6) is 5.75 Å². The van der Waals surface area contributed by atoms with Gasteiger partial charge in [-0.3, -0.25) is 4.79 Å². The lowest BCUT2D eigenvalue weighted by Crippen LogP contribution is -2.13. The summed E-state index contributed by atoms with van der Waals surface area (Å²) in [5, 5.41) is 12.5. The summed E-state index contributed by atoms with van der Waals surface area (Å²) < 4.78 is 0.913. The van der Waals surface area contributed by atoms with E-state index in [0.717, 1.165) is 9.13 Å². The van der Waals surface area contributed by atoms with Gasteiger partial charge in [-0.1, -0.05) is 23.7 Å². The zero-order valence-electron chi connectivity index (χ0n) is 10.1. The van der Waals surface area contributed by atoms with Gasteiger partial charge in [-0.25, -0.2) is 0 Å². The summed E-state index contributed by atoms with van der Waals surface area (Å²) in [6.07, 6.45) is 0. The van der Waals surface area contributed by atoms with E-state index < -0.39 is 0 Å². The van der Waals surface area contributed by atoms with Crippen molar-refractivity contribution in [3.8, 4) is 5.75 Å². The van der Waals surface area contributed by atoms with Crippen molar-refractivity contribution in [2.75, 3.05) is 5.32 Å². The number of hydrogen-bond acceptors (Lipinski definition) is 2. The molecular formula is C14H11ClINO2. The number of anilines is 1. The second kappa shape index (κ2) is 5.79. The van der Waals surface area contributed by atoms with Crippen molar-refractivity contribution in [3.63, 3.8) is 0 Å². The van der Waals surface area contributed by atoms with E-state index in [0.29, 0.717) is 11.3 Å². The zero-order chi connectivity index (χ0) is 14.0. The van der Waals surface area contributed by atoms with E-state index in [9.17, 15) is 9.90 Å². The van der Waals surface area contributed by atoms with Crippen LogP contribution >= 0.6 is 34.2 Å². The number of carbonyl (C=O) groups excluding carboxylic acids is 1. The van der Waals surface area contributed by atoms with Gasteiger partial charge >= 0.3 is 0 Å². The van der Waals surface area contributed by atoms with Gasteiger partial charge in [0.15, 0.2) is 0 Å². The molecule has 0 saturated heterocycles. The van der Waals surface area contributed by atoms with E-state index in [2.05, 4.69) is 27.9 Å². The van der Waals surface area contributed by atoms with Gasteiger partial charge in [0.2, 0.25) is 0 Å². The molecule has 0 atom stereocenters.